The van der Waals surface area contributed by atoms with Crippen molar-refractivity contribution < 1.29 is 9.47 Å². The van der Waals surface area contributed by atoms with Crippen molar-refractivity contribution in [2.75, 3.05) is 13.2 Å². The summed E-state index contributed by atoms with van der Waals surface area (Å²) in [5.74, 6) is 0.868. The maximum Gasteiger partial charge on any atom is 0.119 e. The second-order valence-corrected chi connectivity index (χ2v) is 3.54. The van der Waals surface area contributed by atoms with Crippen LogP contribution in [0, 0.1) is 0 Å². The Hall–Kier alpha value is -1.28. The molecule has 0 saturated heterocycles. The molecule has 0 fully saturated rings. The highest BCUT2D eigenvalue weighted by Gasteiger charge is 1.95. The van der Waals surface area contributed by atoms with Crippen molar-refractivity contribution in [1.29, 1.82) is 0 Å². The van der Waals surface area contributed by atoms with Crippen LogP contribution in [0.3, 0.4) is 0 Å². The zero-order valence-electron chi connectivity index (χ0n) is 9.40. The largest absolute Gasteiger partial charge is 0.491 e. The van der Waals surface area contributed by atoms with Gasteiger partial charge in [0.05, 0.1) is 12.7 Å². The topological polar surface area (TPSA) is 18.5 Å². The van der Waals surface area contributed by atoms with Gasteiger partial charge in [-0.1, -0.05) is 24.8 Å². The van der Waals surface area contributed by atoms with Gasteiger partial charge in [0, 0.05) is 0 Å². The number of hydrogen-bond acceptors (Lipinski definition) is 2. The highest BCUT2D eigenvalue weighted by atomic mass is 16.5. The molecule has 2 heteroatoms. The first-order valence-electron chi connectivity index (χ1n) is 5.19. The van der Waals surface area contributed by atoms with Crippen molar-refractivity contribution in [1.82, 2.24) is 0 Å². The quantitative estimate of drug-likeness (QED) is 0.666. The molecular formula is C13H18O2. The van der Waals surface area contributed by atoms with Crippen molar-refractivity contribution in [3.63, 3.8) is 0 Å². The smallest absolute Gasteiger partial charge is 0.119 e. The lowest BCUT2D eigenvalue weighted by atomic mass is 10.2. The Morgan fingerprint density at radius 2 is 1.87 bits per heavy atom. The third kappa shape index (κ3) is 4.66. The molecule has 82 valence electrons. The average molecular weight is 206 g/mol. The van der Waals surface area contributed by atoms with Crippen LogP contribution in [0.25, 0.3) is 6.08 Å². The van der Waals surface area contributed by atoms with Gasteiger partial charge in [-0.3, -0.25) is 0 Å². The van der Waals surface area contributed by atoms with E-state index in [1.54, 1.807) is 0 Å². The predicted molar refractivity (Wildman–Crippen MR) is 63.1 cm³/mol. The lowest BCUT2D eigenvalue weighted by molar-refractivity contribution is 0.0553. The molecule has 1 rings (SSSR count). The molecule has 0 amide bonds. The normalized spacial score (nSPS) is 10.3. The summed E-state index contributed by atoms with van der Waals surface area (Å²) >= 11 is 0. The molecule has 2 nitrogen and oxygen atoms in total. The Bertz CT molecular complexity index is 288. The number of rotatable bonds is 6. The number of ether oxygens (including phenoxy) is 2. The average Bonchev–Trinajstić information content (AvgIpc) is 2.25. The second kappa shape index (κ2) is 6.25. The number of benzene rings is 1. The maximum absolute atomic E-state index is 5.50. The Morgan fingerprint density at radius 3 is 2.40 bits per heavy atom. The van der Waals surface area contributed by atoms with Gasteiger partial charge in [0.25, 0.3) is 0 Å². The van der Waals surface area contributed by atoms with E-state index in [2.05, 4.69) is 6.58 Å². The van der Waals surface area contributed by atoms with Crippen LogP contribution in [0.4, 0.5) is 0 Å². The molecule has 1 aromatic rings. The van der Waals surface area contributed by atoms with E-state index in [-0.39, 0.29) is 6.10 Å². The lowest BCUT2D eigenvalue weighted by Gasteiger charge is -2.09. The first kappa shape index (κ1) is 11.8. The summed E-state index contributed by atoms with van der Waals surface area (Å²) in [4.78, 5) is 0. The molecule has 0 saturated carbocycles. The summed E-state index contributed by atoms with van der Waals surface area (Å²) in [5.41, 5.74) is 1.10. The van der Waals surface area contributed by atoms with E-state index in [0.29, 0.717) is 13.2 Å². The fraction of sp³-hybridized carbons (Fsp3) is 0.385. The zero-order chi connectivity index (χ0) is 11.1. The van der Waals surface area contributed by atoms with E-state index in [4.69, 9.17) is 9.47 Å². The monoisotopic (exact) mass is 206 g/mol. The molecule has 0 radical (unpaired) electrons. The summed E-state index contributed by atoms with van der Waals surface area (Å²) in [6.45, 7) is 8.93. The summed E-state index contributed by atoms with van der Waals surface area (Å²) in [7, 11) is 0. The standard InChI is InChI=1S/C13H18O2/c1-4-12-5-7-13(8-6-12)15-10-9-14-11(2)3/h4-8,11H,1,9-10H2,2-3H3. The zero-order valence-corrected chi connectivity index (χ0v) is 9.40. The van der Waals surface area contributed by atoms with E-state index in [1.807, 2.05) is 44.2 Å². The van der Waals surface area contributed by atoms with Crippen LogP contribution < -0.4 is 4.74 Å². The molecule has 0 bridgehead atoms. The van der Waals surface area contributed by atoms with Gasteiger partial charge in [0.1, 0.15) is 12.4 Å². The van der Waals surface area contributed by atoms with Crippen LogP contribution >= 0.6 is 0 Å². The SMILES string of the molecule is C=Cc1ccc(OCCOC(C)C)cc1. The first-order valence-corrected chi connectivity index (χ1v) is 5.19. The molecule has 0 aliphatic heterocycles. The van der Waals surface area contributed by atoms with Crippen molar-refractivity contribution in [2.45, 2.75) is 20.0 Å². The lowest BCUT2D eigenvalue weighted by Crippen LogP contribution is -2.11. The van der Waals surface area contributed by atoms with Crippen molar-refractivity contribution in [2.24, 2.45) is 0 Å². The van der Waals surface area contributed by atoms with E-state index < -0.39 is 0 Å². The minimum atomic E-state index is 0.261. The summed E-state index contributed by atoms with van der Waals surface area (Å²) in [6, 6.07) is 7.83. The first-order chi connectivity index (χ1) is 7.22. The van der Waals surface area contributed by atoms with Gasteiger partial charge in [-0.15, -0.1) is 0 Å². The highest BCUT2D eigenvalue weighted by Crippen LogP contribution is 2.12. The van der Waals surface area contributed by atoms with E-state index in [0.717, 1.165) is 11.3 Å². The van der Waals surface area contributed by atoms with Gasteiger partial charge in [-0.2, -0.15) is 0 Å². The van der Waals surface area contributed by atoms with Gasteiger partial charge in [-0.05, 0) is 31.5 Å². The van der Waals surface area contributed by atoms with Crippen LogP contribution in [0.2, 0.25) is 0 Å². The van der Waals surface area contributed by atoms with Crippen LogP contribution in [-0.4, -0.2) is 19.3 Å². The molecule has 0 spiro atoms. The van der Waals surface area contributed by atoms with Gasteiger partial charge in [0.15, 0.2) is 0 Å². The predicted octanol–water partition coefficient (Wildman–Crippen LogP) is 3.13. The molecule has 0 atom stereocenters. The second-order valence-electron chi connectivity index (χ2n) is 3.54. The van der Waals surface area contributed by atoms with Crippen LogP contribution in [0.5, 0.6) is 5.75 Å². The van der Waals surface area contributed by atoms with Crippen LogP contribution in [-0.2, 0) is 4.74 Å². The third-order valence-corrected chi connectivity index (χ3v) is 1.92. The summed E-state index contributed by atoms with van der Waals surface area (Å²) < 4.78 is 10.9. The molecular weight excluding hydrogens is 188 g/mol. The Kier molecular flexibility index (Phi) is 4.91. The number of hydrogen-bond donors (Lipinski definition) is 0. The maximum atomic E-state index is 5.50. The summed E-state index contributed by atoms with van der Waals surface area (Å²) in [6.07, 6.45) is 2.07. The molecule has 0 heterocycles. The molecule has 0 unspecified atom stereocenters. The van der Waals surface area contributed by atoms with Gasteiger partial charge < -0.3 is 9.47 Å². The molecule has 15 heavy (non-hydrogen) atoms. The third-order valence-electron chi connectivity index (χ3n) is 1.92. The molecule has 0 aromatic heterocycles. The molecule has 0 aliphatic carbocycles. The van der Waals surface area contributed by atoms with Crippen molar-refractivity contribution in [3.05, 3.63) is 36.4 Å². The van der Waals surface area contributed by atoms with E-state index in [1.165, 1.54) is 0 Å². The molecule has 1 aromatic carbocycles. The molecule has 0 N–H and O–H groups in total. The van der Waals surface area contributed by atoms with Gasteiger partial charge >= 0.3 is 0 Å². The minimum Gasteiger partial charge on any atom is -0.491 e. The Morgan fingerprint density at radius 1 is 1.20 bits per heavy atom. The Labute approximate surface area is 91.5 Å². The van der Waals surface area contributed by atoms with E-state index in [9.17, 15) is 0 Å². The molecule has 0 aliphatic rings. The highest BCUT2D eigenvalue weighted by molar-refractivity contribution is 5.48. The fourth-order valence-electron chi connectivity index (χ4n) is 1.14. The van der Waals surface area contributed by atoms with E-state index >= 15 is 0 Å². The van der Waals surface area contributed by atoms with Crippen LogP contribution in [0.15, 0.2) is 30.8 Å². The van der Waals surface area contributed by atoms with Crippen molar-refractivity contribution >= 4 is 6.08 Å². The van der Waals surface area contributed by atoms with Gasteiger partial charge in [0.2, 0.25) is 0 Å². The Balaban J connectivity index is 2.28. The van der Waals surface area contributed by atoms with Gasteiger partial charge in [-0.25, -0.2) is 0 Å². The minimum absolute atomic E-state index is 0.261. The fourth-order valence-corrected chi connectivity index (χ4v) is 1.14. The van der Waals surface area contributed by atoms with Crippen molar-refractivity contribution in [3.8, 4) is 5.75 Å². The van der Waals surface area contributed by atoms with Crippen LogP contribution in [0.1, 0.15) is 19.4 Å². The summed E-state index contributed by atoms with van der Waals surface area (Å²) in [5, 5.41) is 0.